The van der Waals surface area contributed by atoms with Gasteiger partial charge < -0.3 is 9.47 Å². The maximum Gasteiger partial charge on any atom is 0.235 e. The maximum atomic E-state index is 10.5. The molecule has 0 amide bonds. The molecule has 0 N–H and O–H groups in total. The molecule has 0 atom stereocenters. The summed E-state index contributed by atoms with van der Waals surface area (Å²) < 4.78 is 12.1. The molecule has 0 aliphatic carbocycles. The third-order valence-corrected chi connectivity index (χ3v) is 4.28. The Hall–Kier alpha value is -1.76. The zero-order valence-electron chi connectivity index (χ0n) is 13.2. The topological polar surface area (TPSA) is 61.6 Å². The summed E-state index contributed by atoms with van der Waals surface area (Å²) in [6, 6.07) is 8.55. The van der Waals surface area contributed by atoms with Gasteiger partial charge in [0.2, 0.25) is 6.20 Å². The Kier molecular flexibility index (Phi) is 7.11. The second kappa shape index (κ2) is 9.08. The predicted molar refractivity (Wildman–Crippen MR) is 102 cm³/mol. The molecule has 0 heterocycles. The van der Waals surface area contributed by atoms with Gasteiger partial charge in [-0.3, -0.25) is 10.1 Å². The van der Waals surface area contributed by atoms with Crippen LogP contribution in [0.15, 0.2) is 41.0 Å². The summed E-state index contributed by atoms with van der Waals surface area (Å²) in [5.41, 5.74) is 1.39. The van der Waals surface area contributed by atoms with Crippen molar-refractivity contribution < 1.29 is 14.4 Å². The average molecular weight is 447 g/mol. The molecule has 2 aromatic rings. The van der Waals surface area contributed by atoms with Crippen LogP contribution in [0.4, 0.5) is 0 Å². The number of rotatable bonds is 7. The Labute approximate surface area is 163 Å². The van der Waals surface area contributed by atoms with Crippen LogP contribution in [0.25, 0.3) is 6.08 Å². The van der Waals surface area contributed by atoms with Crippen LogP contribution < -0.4 is 9.47 Å². The SMILES string of the molecule is CCOc1cc(C=C[N+](=O)[O-])cc(Br)c1OCc1ccc(Cl)cc1Cl. The predicted octanol–water partition coefficient (Wildman–Crippen LogP) is 5.98. The number of benzene rings is 2. The minimum absolute atomic E-state index is 0.221. The van der Waals surface area contributed by atoms with Gasteiger partial charge in [0.1, 0.15) is 6.61 Å². The summed E-state index contributed by atoms with van der Waals surface area (Å²) in [4.78, 5) is 9.95. The summed E-state index contributed by atoms with van der Waals surface area (Å²) in [6.07, 6.45) is 2.25. The van der Waals surface area contributed by atoms with Gasteiger partial charge in [-0.1, -0.05) is 29.3 Å². The molecule has 0 aromatic heterocycles. The summed E-state index contributed by atoms with van der Waals surface area (Å²) in [5, 5.41) is 11.5. The molecule has 0 saturated heterocycles. The van der Waals surface area contributed by atoms with Crippen molar-refractivity contribution in [3.63, 3.8) is 0 Å². The van der Waals surface area contributed by atoms with Crippen molar-refractivity contribution in [2.45, 2.75) is 13.5 Å². The van der Waals surface area contributed by atoms with Crippen LogP contribution in [-0.4, -0.2) is 11.5 Å². The highest BCUT2D eigenvalue weighted by Crippen LogP contribution is 2.38. The average Bonchev–Trinajstić information content (AvgIpc) is 2.54. The van der Waals surface area contributed by atoms with Gasteiger partial charge in [-0.25, -0.2) is 0 Å². The first-order chi connectivity index (χ1) is 11.9. The minimum Gasteiger partial charge on any atom is -0.490 e. The Morgan fingerprint density at radius 2 is 2.00 bits per heavy atom. The second-order valence-corrected chi connectivity index (χ2v) is 6.59. The van der Waals surface area contributed by atoms with Gasteiger partial charge in [0.05, 0.1) is 16.0 Å². The molecule has 0 radical (unpaired) electrons. The van der Waals surface area contributed by atoms with Crippen LogP contribution in [0.5, 0.6) is 11.5 Å². The highest BCUT2D eigenvalue weighted by molar-refractivity contribution is 9.10. The van der Waals surface area contributed by atoms with E-state index in [-0.39, 0.29) is 6.61 Å². The minimum atomic E-state index is -0.527. The van der Waals surface area contributed by atoms with E-state index in [0.717, 1.165) is 11.8 Å². The number of hydrogen-bond donors (Lipinski definition) is 0. The van der Waals surface area contributed by atoms with Crippen molar-refractivity contribution in [1.82, 2.24) is 0 Å². The number of nitro groups is 1. The number of hydrogen-bond acceptors (Lipinski definition) is 4. The van der Waals surface area contributed by atoms with E-state index >= 15 is 0 Å². The van der Waals surface area contributed by atoms with E-state index in [1.54, 1.807) is 30.3 Å². The van der Waals surface area contributed by atoms with Crippen molar-refractivity contribution in [3.05, 3.63) is 72.3 Å². The van der Waals surface area contributed by atoms with E-state index in [0.29, 0.717) is 38.2 Å². The van der Waals surface area contributed by atoms with Gasteiger partial charge in [0, 0.05) is 21.7 Å². The van der Waals surface area contributed by atoms with Crippen molar-refractivity contribution in [3.8, 4) is 11.5 Å². The van der Waals surface area contributed by atoms with Gasteiger partial charge in [-0.05, 0) is 52.7 Å². The highest BCUT2D eigenvalue weighted by atomic mass is 79.9. The number of halogens is 3. The fraction of sp³-hybridized carbons (Fsp3) is 0.176. The fourth-order valence-electron chi connectivity index (χ4n) is 2.02. The zero-order chi connectivity index (χ0) is 18.4. The standard InChI is InChI=1S/C17H14BrCl2NO4/c1-2-24-16-8-11(5-6-21(22)23)7-14(18)17(16)25-10-12-3-4-13(19)9-15(12)20/h3-9H,2,10H2,1H3. The first kappa shape index (κ1) is 19.6. The van der Waals surface area contributed by atoms with E-state index in [4.69, 9.17) is 32.7 Å². The van der Waals surface area contributed by atoms with E-state index < -0.39 is 4.92 Å². The van der Waals surface area contributed by atoms with Gasteiger partial charge in [-0.2, -0.15) is 0 Å². The molecule has 0 fully saturated rings. The summed E-state index contributed by atoms with van der Waals surface area (Å²) in [5.74, 6) is 0.969. The molecule has 0 spiro atoms. The third kappa shape index (κ3) is 5.63. The molecular weight excluding hydrogens is 433 g/mol. The van der Waals surface area contributed by atoms with Crippen molar-refractivity contribution in [1.29, 1.82) is 0 Å². The Balaban J connectivity index is 2.27. The summed E-state index contributed by atoms with van der Waals surface area (Å²) in [7, 11) is 0. The van der Waals surface area contributed by atoms with E-state index in [1.165, 1.54) is 6.08 Å². The lowest BCUT2D eigenvalue weighted by Crippen LogP contribution is -2.01. The lowest BCUT2D eigenvalue weighted by molar-refractivity contribution is -0.400. The maximum absolute atomic E-state index is 10.5. The molecule has 0 bridgehead atoms. The van der Waals surface area contributed by atoms with Crippen LogP contribution in [0, 0.1) is 10.1 Å². The molecule has 0 saturated carbocycles. The summed E-state index contributed by atoms with van der Waals surface area (Å²) in [6.45, 7) is 2.49. The molecule has 132 valence electrons. The van der Waals surface area contributed by atoms with Gasteiger partial charge in [0.25, 0.3) is 0 Å². The molecule has 0 unspecified atom stereocenters. The van der Waals surface area contributed by atoms with Crippen LogP contribution in [-0.2, 0) is 6.61 Å². The molecule has 2 rings (SSSR count). The highest BCUT2D eigenvalue weighted by Gasteiger charge is 2.13. The Bertz CT molecular complexity index is 811. The normalized spacial score (nSPS) is 10.9. The molecule has 25 heavy (non-hydrogen) atoms. The van der Waals surface area contributed by atoms with Crippen LogP contribution in [0.1, 0.15) is 18.1 Å². The second-order valence-electron chi connectivity index (χ2n) is 4.89. The van der Waals surface area contributed by atoms with E-state index in [1.807, 2.05) is 6.92 Å². The lowest BCUT2D eigenvalue weighted by atomic mass is 10.2. The third-order valence-electron chi connectivity index (χ3n) is 3.11. The van der Waals surface area contributed by atoms with Crippen molar-refractivity contribution in [2.75, 3.05) is 6.61 Å². The van der Waals surface area contributed by atoms with Crippen molar-refractivity contribution >= 4 is 45.2 Å². The molecule has 5 nitrogen and oxygen atoms in total. The van der Waals surface area contributed by atoms with Crippen LogP contribution >= 0.6 is 39.1 Å². The number of nitrogens with zero attached hydrogens (tertiary/aromatic N) is 1. The lowest BCUT2D eigenvalue weighted by Gasteiger charge is -2.15. The Morgan fingerprint density at radius 1 is 1.24 bits per heavy atom. The van der Waals surface area contributed by atoms with E-state index in [9.17, 15) is 10.1 Å². The quantitative estimate of drug-likeness (QED) is 0.387. The first-order valence-electron chi connectivity index (χ1n) is 7.25. The van der Waals surface area contributed by atoms with Crippen LogP contribution in [0.2, 0.25) is 10.0 Å². The van der Waals surface area contributed by atoms with Crippen molar-refractivity contribution in [2.24, 2.45) is 0 Å². The van der Waals surface area contributed by atoms with E-state index in [2.05, 4.69) is 15.9 Å². The Morgan fingerprint density at radius 3 is 2.64 bits per heavy atom. The molecule has 8 heteroatoms. The molecule has 0 aliphatic rings. The number of ether oxygens (including phenoxy) is 2. The monoisotopic (exact) mass is 445 g/mol. The van der Waals surface area contributed by atoms with Gasteiger partial charge in [0.15, 0.2) is 11.5 Å². The fourth-order valence-corrected chi connectivity index (χ4v) is 3.06. The molecule has 0 aliphatic heterocycles. The largest absolute Gasteiger partial charge is 0.490 e. The molecular formula is C17H14BrCl2NO4. The molecule has 2 aromatic carbocycles. The van der Waals surface area contributed by atoms with Gasteiger partial charge >= 0.3 is 0 Å². The van der Waals surface area contributed by atoms with Crippen LogP contribution in [0.3, 0.4) is 0 Å². The zero-order valence-corrected chi connectivity index (χ0v) is 16.3. The smallest absolute Gasteiger partial charge is 0.235 e. The van der Waals surface area contributed by atoms with Gasteiger partial charge in [-0.15, -0.1) is 0 Å². The summed E-state index contributed by atoms with van der Waals surface area (Å²) >= 11 is 15.5. The first-order valence-corrected chi connectivity index (χ1v) is 8.80.